The predicted octanol–water partition coefficient (Wildman–Crippen LogP) is 4.50. The van der Waals surface area contributed by atoms with Gasteiger partial charge in [-0.2, -0.15) is 5.26 Å². The minimum absolute atomic E-state index is 0.00948. The van der Waals surface area contributed by atoms with E-state index in [-0.39, 0.29) is 11.5 Å². The van der Waals surface area contributed by atoms with Gasteiger partial charge in [-0.05, 0) is 31.2 Å². The second kappa shape index (κ2) is 6.13. The molecular formula is C18H12Cl2N4O2. The van der Waals surface area contributed by atoms with Crippen molar-refractivity contribution in [1.29, 1.82) is 5.26 Å². The Morgan fingerprint density at radius 2 is 2.08 bits per heavy atom. The highest BCUT2D eigenvalue weighted by Crippen LogP contribution is 2.44. The van der Waals surface area contributed by atoms with Crippen molar-refractivity contribution in [2.45, 2.75) is 12.8 Å². The van der Waals surface area contributed by atoms with Crippen molar-refractivity contribution in [2.75, 3.05) is 0 Å². The molecule has 0 fully saturated rings. The molecule has 0 saturated carbocycles. The molecule has 130 valence electrons. The number of fused-ring (bicyclic) bond motifs is 1. The van der Waals surface area contributed by atoms with Crippen LogP contribution in [0.2, 0.25) is 10.0 Å². The molecule has 8 heteroatoms. The van der Waals surface area contributed by atoms with Crippen LogP contribution in [0.15, 0.2) is 46.2 Å². The highest BCUT2D eigenvalue weighted by molar-refractivity contribution is 6.43. The van der Waals surface area contributed by atoms with E-state index < -0.39 is 5.92 Å². The largest absolute Gasteiger partial charge is 0.460 e. The molecule has 4 rings (SSSR count). The number of allylic oxidation sites excluding steroid dienone is 1. The third kappa shape index (κ3) is 2.45. The minimum atomic E-state index is -0.519. The molecule has 1 aliphatic rings. The smallest absolute Gasteiger partial charge is 0.244 e. The van der Waals surface area contributed by atoms with Gasteiger partial charge in [0.15, 0.2) is 0 Å². The Balaban J connectivity index is 1.86. The number of nitriles is 1. The number of nitrogens with one attached hydrogen (secondary N) is 1. The molecule has 26 heavy (non-hydrogen) atoms. The van der Waals surface area contributed by atoms with Crippen LogP contribution in [-0.4, -0.2) is 10.2 Å². The maximum atomic E-state index is 9.57. The monoisotopic (exact) mass is 386 g/mol. The number of aromatic nitrogens is 2. The molecule has 0 saturated heterocycles. The molecule has 1 aromatic carbocycles. The Labute approximate surface area is 158 Å². The summed E-state index contributed by atoms with van der Waals surface area (Å²) in [5.74, 6) is 0.898. The van der Waals surface area contributed by atoms with Crippen LogP contribution in [0.3, 0.4) is 0 Å². The molecule has 0 aliphatic carbocycles. The number of H-pyrrole nitrogens is 1. The highest BCUT2D eigenvalue weighted by atomic mass is 35.5. The van der Waals surface area contributed by atoms with Gasteiger partial charge in [0.25, 0.3) is 0 Å². The molecule has 0 spiro atoms. The molecule has 3 N–H and O–H groups in total. The van der Waals surface area contributed by atoms with Crippen LogP contribution < -0.4 is 10.5 Å². The molecule has 2 aromatic heterocycles. The van der Waals surface area contributed by atoms with Crippen molar-refractivity contribution in [3.8, 4) is 23.3 Å². The molecule has 0 amide bonds. The van der Waals surface area contributed by atoms with E-state index in [2.05, 4.69) is 16.3 Å². The van der Waals surface area contributed by atoms with Crippen LogP contribution in [0.25, 0.3) is 11.3 Å². The summed E-state index contributed by atoms with van der Waals surface area (Å²) < 4.78 is 11.5. The highest BCUT2D eigenvalue weighted by Gasteiger charge is 2.36. The zero-order valence-corrected chi connectivity index (χ0v) is 15.0. The van der Waals surface area contributed by atoms with E-state index in [0.29, 0.717) is 38.6 Å². The van der Waals surface area contributed by atoms with E-state index in [0.717, 1.165) is 5.69 Å². The first kappa shape index (κ1) is 16.6. The van der Waals surface area contributed by atoms with E-state index in [4.69, 9.17) is 38.1 Å². The van der Waals surface area contributed by atoms with Crippen molar-refractivity contribution < 1.29 is 9.15 Å². The lowest BCUT2D eigenvalue weighted by Gasteiger charge is -2.21. The first-order chi connectivity index (χ1) is 12.5. The van der Waals surface area contributed by atoms with Crippen LogP contribution >= 0.6 is 23.2 Å². The average molecular weight is 387 g/mol. The van der Waals surface area contributed by atoms with E-state index in [1.54, 1.807) is 24.3 Å². The van der Waals surface area contributed by atoms with Gasteiger partial charge in [0, 0.05) is 11.3 Å². The van der Waals surface area contributed by atoms with E-state index in [1.807, 2.05) is 13.0 Å². The number of aromatic amines is 1. The number of halogens is 2. The van der Waals surface area contributed by atoms with E-state index in [9.17, 15) is 5.26 Å². The number of nitrogens with two attached hydrogens (primary N) is 1. The Bertz CT molecular complexity index is 1090. The molecule has 0 radical (unpaired) electrons. The number of furan rings is 1. The van der Waals surface area contributed by atoms with Gasteiger partial charge < -0.3 is 14.9 Å². The van der Waals surface area contributed by atoms with Gasteiger partial charge in [0.1, 0.15) is 23.2 Å². The van der Waals surface area contributed by atoms with Gasteiger partial charge in [-0.3, -0.25) is 5.10 Å². The number of hydrogen-bond donors (Lipinski definition) is 2. The SMILES string of the molecule is Cc1[nH]nc2c1[C@H](c1ccc(-c3cccc(Cl)c3Cl)o1)C(C#N)=C(N)O2. The molecule has 3 heterocycles. The number of rotatable bonds is 2. The Morgan fingerprint density at radius 1 is 1.27 bits per heavy atom. The fourth-order valence-electron chi connectivity index (χ4n) is 3.03. The summed E-state index contributed by atoms with van der Waals surface area (Å²) in [5, 5.41) is 17.3. The predicted molar refractivity (Wildman–Crippen MR) is 96.8 cm³/mol. The summed E-state index contributed by atoms with van der Waals surface area (Å²) >= 11 is 12.4. The van der Waals surface area contributed by atoms with Gasteiger partial charge in [0.2, 0.25) is 11.8 Å². The number of hydrogen-bond acceptors (Lipinski definition) is 5. The number of benzene rings is 1. The zero-order valence-electron chi connectivity index (χ0n) is 13.5. The van der Waals surface area contributed by atoms with Gasteiger partial charge in [-0.1, -0.05) is 29.3 Å². The van der Waals surface area contributed by atoms with E-state index in [1.165, 1.54) is 0 Å². The average Bonchev–Trinajstić information content (AvgIpc) is 3.24. The number of ether oxygens (including phenoxy) is 1. The minimum Gasteiger partial charge on any atom is -0.460 e. The molecular weight excluding hydrogens is 375 g/mol. The quantitative estimate of drug-likeness (QED) is 0.674. The molecule has 1 aliphatic heterocycles. The van der Waals surface area contributed by atoms with Crippen molar-refractivity contribution in [3.63, 3.8) is 0 Å². The van der Waals surface area contributed by atoms with Crippen LogP contribution in [0.4, 0.5) is 0 Å². The summed E-state index contributed by atoms with van der Waals surface area (Å²) in [7, 11) is 0. The van der Waals surface area contributed by atoms with Crippen LogP contribution in [-0.2, 0) is 0 Å². The summed E-state index contributed by atoms with van der Waals surface area (Å²) in [4.78, 5) is 0. The lowest BCUT2D eigenvalue weighted by Crippen LogP contribution is -2.20. The number of aryl methyl sites for hydroxylation is 1. The fourth-order valence-corrected chi connectivity index (χ4v) is 3.42. The third-order valence-corrected chi connectivity index (χ3v) is 5.08. The van der Waals surface area contributed by atoms with Crippen molar-refractivity contribution >= 4 is 23.2 Å². The van der Waals surface area contributed by atoms with Crippen LogP contribution in [0, 0.1) is 18.3 Å². The zero-order chi connectivity index (χ0) is 18.4. The Hall–Kier alpha value is -2.88. The topological polar surface area (TPSA) is 101 Å². The third-order valence-electron chi connectivity index (χ3n) is 4.26. The molecule has 0 bridgehead atoms. The lowest BCUT2D eigenvalue weighted by molar-refractivity contribution is 0.371. The number of nitrogens with zero attached hydrogens (tertiary/aromatic N) is 2. The van der Waals surface area contributed by atoms with Crippen molar-refractivity contribution in [1.82, 2.24) is 10.2 Å². The second-order valence-electron chi connectivity index (χ2n) is 5.80. The summed E-state index contributed by atoms with van der Waals surface area (Å²) in [6.07, 6.45) is 0. The fraction of sp³-hybridized carbons (Fsp3) is 0.111. The lowest BCUT2D eigenvalue weighted by atomic mass is 9.88. The van der Waals surface area contributed by atoms with Gasteiger partial charge >= 0.3 is 0 Å². The van der Waals surface area contributed by atoms with Gasteiger partial charge in [-0.15, -0.1) is 5.10 Å². The summed E-state index contributed by atoms with van der Waals surface area (Å²) in [5.41, 5.74) is 8.32. The van der Waals surface area contributed by atoms with Crippen molar-refractivity contribution in [3.05, 3.63) is 68.9 Å². The maximum Gasteiger partial charge on any atom is 0.244 e. The molecule has 0 unspecified atom stereocenters. The van der Waals surface area contributed by atoms with Gasteiger partial charge in [-0.25, -0.2) is 0 Å². The van der Waals surface area contributed by atoms with E-state index >= 15 is 0 Å². The van der Waals surface area contributed by atoms with Crippen LogP contribution in [0.5, 0.6) is 5.88 Å². The first-order valence-corrected chi connectivity index (χ1v) is 8.43. The van der Waals surface area contributed by atoms with Crippen molar-refractivity contribution in [2.24, 2.45) is 5.73 Å². The van der Waals surface area contributed by atoms with Crippen LogP contribution in [0.1, 0.15) is 22.9 Å². The molecule has 3 aromatic rings. The molecule has 6 nitrogen and oxygen atoms in total. The summed E-state index contributed by atoms with van der Waals surface area (Å²) in [6, 6.07) is 11.0. The summed E-state index contributed by atoms with van der Waals surface area (Å²) in [6.45, 7) is 1.84. The normalized spacial score (nSPS) is 16.2. The standard InChI is InChI=1S/C18H12Cl2N4O2/c1-8-14-15(10(7-21)17(22)26-18(14)24-23-8)13-6-5-12(25-13)9-3-2-4-11(19)16(9)20/h2-6,15H,22H2,1H3,(H,23,24)/t15-/m0/s1. The Kier molecular flexibility index (Phi) is 3.91. The van der Waals surface area contributed by atoms with Gasteiger partial charge in [0.05, 0.1) is 21.5 Å². The molecule has 1 atom stereocenters. The first-order valence-electron chi connectivity index (χ1n) is 7.67. The second-order valence-corrected chi connectivity index (χ2v) is 6.58. The maximum absolute atomic E-state index is 9.57. The Morgan fingerprint density at radius 3 is 2.85 bits per heavy atom.